The Morgan fingerprint density at radius 2 is 2.29 bits per heavy atom. The first-order valence-corrected chi connectivity index (χ1v) is 8.09. The van der Waals surface area contributed by atoms with Crippen molar-refractivity contribution < 1.29 is 0 Å². The number of nitrogens with one attached hydrogen (secondary N) is 1. The van der Waals surface area contributed by atoms with Gasteiger partial charge in [0.15, 0.2) is 0 Å². The van der Waals surface area contributed by atoms with Gasteiger partial charge in [-0.25, -0.2) is 0 Å². The van der Waals surface area contributed by atoms with E-state index < -0.39 is 0 Å². The Balaban J connectivity index is 1.71. The van der Waals surface area contributed by atoms with Crippen LogP contribution in [0.2, 0.25) is 0 Å². The van der Waals surface area contributed by atoms with Crippen LogP contribution in [0, 0.1) is 5.92 Å². The Bertz CT molecular complexity index is 679. The van der Waals surface area contributed by atoms with Gasteiger partial charge in [-0.3, -0.25) is 4.90 Å². The minimum Gasteiger partial charge on any atom is -0.361 e. The van der Waals surface area contributed by atoms with Crippen molar-refractivity contribution in [2.45, 2.75) is 45.2 Å². The van der Waals surface area contributed by atoms with Crippen molar-refractivity contribution >= 4 is 12.7 Å². The SMILES string of the molecule is C=c1[nH]cc(CCN2C(C)C23C=CC3CC)/c1=C/C=C\C. The molecule has 1 saturated heterocycles. The first kappa shape index (κ1) is 14.4. The second kappa shape index (κ2) is 5.34. The van der Waals surface area contributed by atoms with Gasteiger partial charge in [-0.15, -0.1) is 0 Å². The quantitative estimate of drug-likeness (QED) is 0.649. The zero-order chi connectivity index (χ0) is 15.0. The summed E-state index contributed by atoms with van der Waals surface area (Å²) < 4.78 is 0. The fraction of sp³-hybridized carbons (Fsp3) is 0.474. The van der Waals surface area contributed by atoms with E-state index in [4.69, 9.17) is 0 Å². The van der Waals surface area contributed by atoms with Crippen LogP contribution in [0.4, 0.5) is 0 Å². The highest BCUT2D eigenvalue weighted by Gasteiger charge is 2.64. The van der Waals surface area contributed by atoms with E-state index >= 15 is 0 Å². The number of aromatic amines is 1. The van der Waals surface area contributed by atoms with Crippen LogP contribution in [-0.2, 0) is 6.42 Å². The molecule has 1 aliphatic carbocycles. The molecule has 1 fully saturated rings. The van der Waals surface area contributed by atoms with Crippen LogP contribution in [0.15, 0.2) is 30.5 Å². The lowest BCUT2D eigenvalue weighted by atomic mass is 9.77. The lowest BCUT2D eigenvalue weighted by Crippen LogP contribution is -2.34. The van der Waals surface area contributed by atoms with E-state index in [2.05, 4.69) is 66.9 Å². The molecule has 1 N–H and O–H groups in total. The molecule has 1 aromatic heterocycles. The number of allylic oxidation sites excluding steroid dienone is 2. The summed E-state index contributed by atoms with van der Waals surface area (Å²) in [5.74, 6) is 0.760. The molecule has 21 heavy (non-hydrogen) atoms. The fourth-order valence-corrected chi connectivity index (χ4v) is 3.94. The van der Waals surface area contributed by atoms with Gasteiger partial charge < -0.3 is 4.98 Å². The molecular weight excluding hydrogens is 256 g/mol. The predicted molar refractivity (Wildman–Crippen MR) is 90.4 cm³/mol. The third kappa shape index (κ3) is 2.13. The van der Waals surface area contributed by atoms with Gasteiger partial charge in [-0.2, -0.15) is 0 Å². The van der Waals surface area contributed by atoms with Crippen molar-refractivity contribution in [3.05, 3.63) is 46.6 Å². The van der Waals surface area contributed by atoms with Crippen LogP contribution in [0.3, 0.4) is 0 Å². The zero-order valence-corrected chi connectivity index (χ0v) is 13.4. The van der Waals surface area contributed by atoms with Crippen LogP contribution in [0.1, 0.15) is 32.8 Å². The average Bonchev–Trinajstić information content (AvgIpc) is 2.92. The van der Waals surface area contributed by atoms with E-state index in [1.165, 1.54) is 17.2 Å². The Morgan fingerprint density at radius 3 is 2.90 bits per heavy atom. The number of nitrogens with zero attached hydrogens (tertiary/aromatic N) is 1. The molecule has 2 nitrogen and oxygen atoms in total. The van der Waals surface area contributed by atoms with Crippen LogP contribution in [0.5, 0.6) is 0 Å². The number of rotatable bonds is 5. The smallest absolute Gasteiger partial charge is 0.0611 e. The van der Waals surface area contributed by atoms with Crippen LogP contribution < -0.4 is 10.6 Å². The van der Waals surface area contributed by atoms with Crippen molar-refractivity contribution in [3.8, 4) is 0 Å². The molecule has 3 rings (SSSR count). The van der Waals surface area contributed by atoms with Crippen molar-refractivity contribution in [2.24, 2.45) is 5.92 Å². The number of H-pyrrole nitrogens is 1. The average molecular weight is 282 g/mol. The van der Waals surface area contributed by atoms with Gasteiger partial charge in [-0.05, 0) is 32.3 Å². The van der Waals surface area contributed by atoms with E-state index in [0.29, 0.717) is 11.6 Å². The van der Waals surface area contributed by atoms with Gasteiger partial charge in [0, 0.05) is 35.3 Å². The Kier molecular flexibility index (Phi) is 3.66. The van der Waals surface area contributed by atoms with Crippen LogP contribution >= 0.6 is 0 Å². The number of hydrogen-bond acceptors (Lipinski definition) is 1. The monoisotopic (exact) mass is 282 g/mol. The molecule has 0 bridgehead atoms. The molecular formula is C19H26N2. The van der Waals surface area contributed by atoms with Gasteiger partial charge in [0.1, 0.15) is 0 Å². The summed E-state index contributed by atoms with van der Waals surface area (Å²) in [4.78, 5) is 5.91. The third-order valence-electron chi connectivity index (χ3n) is 5.36. The van der Waals surface area contributed by atoms with E-state index in [1.54, 1.807) is 0 Å². The van der Waals surface area contributed by atoms with E-state index in [-0.39, 0.29) is 0 Å². The minimum atomic E-state index is 0.394. The van der Waals surface area contributed by atoms with E-state index in [0.717, 1.165) is 24.2 Å². The summed E-state index contributed by atoms with van der Waals surface area (Å²) in [5.41, 5.74) is 1.77. The molecule has 4 atom stereocenters. The highest BCUT2D eigenvalue weighted by atomic mass is 15.4. The highest BCUT2D eigenvalue weighted by molar-refractivity contribution is 5.41. The van der Waals surface area contributed by atoms with Gasteiger partial charge in [0.2, 0.25) is 0 Å². The van der Waals surface area contributed by atoms with Crippen molar-refractivity contribution in [3.63, 3.8) is 0 Å². The maximum Gasteiger partial charge on any atom is 0.0611 e. The summed E-state index contributed by atoms with van der Waals surface area (Å²) in [6, 6.07) is 0.702. The Labute approximate surface area is 127 Å². The molecule has 1 spiro atoms. The molecule has 0 amide bonds. The first-order chi connectivity index (χ1) is 10.1. The predicted octanol–water partition coefficient (Wildman–Crippen LogP) is 2.36. The van der Waals surface area contributed by atoms with Crippen LogP contribution in [-0.4, -0.2) is 28.0 Å². The molecule has 1 aromatic rings. The Hall–Kier alpha value is -1.54. The molecule has 0 saturated carbocycles. The minimum absolute atomic E-state index is 0.394. The maximum atomic E-state index is 4.09. The standard InChI is InChI=1S/C19H26N2/c1-5-7-8-18-14(3)20-13-16(18)10-12-21-15(4)19(21)11-9-17(19)6-2/h5,7-9,11,13,15,17,20H,3,6,10,12H2,1-2,4H3/b7-5-,18-8+. The lowest BCUT2D eigenvalue weighted by molar-refractivity contribution is 0.348. The van der Waals surface area contributed by atoms with E-state index in [1.807, 2.05) is 6.92 Å². The highest BCUT2D eigenvalue weighted by Crippen LogP contribution is 2.54. The van der Waals surface area contributed by atoms with Gasteiger partial charge in [-0.1, -0.05) is 43.9 Å². The largest absolute Gasteiger partial charge is 0.361 e. The normalized spacial score (nSPS) is 34.8. The molecule has 4 unspecified atom stereocenters. The molecule has 2 aliphatic rings. The van der Waals surface area contributed by atoms with Crippen LogP contribution in [0.25, 0.3) is 12.7 Å². The van der Waals surface area contributed by atoms with Crippen molar-refractivity contribution in [2.75, 3.05) is 6.54 Å². The topological polar surface area (TPSA) is 18.8 Å². The number of aromatic nitrogens is 1. The summed E-state index contributed by atoms with van der Waals surface area (Å²) in [6.07, 6.45) is 15.6. The molecule has 2 heterocycles. The summed E-state index contributed by atoms with van der Waals surface area (Å²) in [6.45, 7) is 11.9. The zero-order valence-electron chi connectivity index (χ0n) is 13.4. The summed E-state index contributed by atoms with van der Waals surface area (Å²) in [5, 5.41) is 2.28. The van der Waals surface area contributed by atoms with Crippen molar-refractivity contribution in [1.29, 1.82) is 0 Å². The molecule has 1 aliphatic heterocycles. The van der Waals surface area contributed by atoms with Gasteiger partial charge >= 0.3 is 0 Å². The molecule has 112 valence electrons. The second-order valence-corrected chi connectivity index (χ2v) is 6.28. The van der Waals surface area contributed by atoms with Gasteiger partial charge in [0.05, 0.1) is 5.54 Å². The fourth-order valence-electron chi connectivity index (χ4n) is 3.94. The Morgan fingerprint density at radius 1 is 1.48 bits per heavy atom. The summed E-state index contributed by atoms with van der Waals surface area (Å²) in [7, 11) is 0. The second-order valence-electron chi connectivity index (χ2n) is 6.28. The van der Waals surface area contributed by atoms with Crippen molar-refractivity contribution in [1.82, 2.24) is 9.88 Å². The maximum absolute atomic E-state index is 4.09. The van der Waals surface area contributed by atoms with Gasteiger partial charge in [0.25, 0.3) is 0 Å². The first-order valence-electron chi connectivity index (χ1n) is 8.09. The summed E-state index contributed by atoms with van der Waals surface area (Å²) >= 11 is 0. The molecule has 2 heteroatoms. The van der Waals surface area contributed by atoms with E-state index in [9.17, 15) is 0 Å². The third-order valence-corrected chi connectivity index (χ3v) is 5.36. The number of hydrogen-bond donors (Lipinski definition) is 1. The lowest BCUT2D eigenvalue weighted by Gasteiger charge is -2.30. The molecule has 0 radical (unpaired) electrons. The molecule has 0 aromatic carbocycles.